The molecule has 1 aromatic heterocycles. The first-order valence-corrected chi connectivity index (χ1v) is 9.73. The second-order valence-electron chi connectivity index (χ2n) is 6.43. The molecule has 1 heterocycles. The van der Waals surface area contributed by atoms with Gasteiger partial charge < -0.3 is 29.3 Å². The Morgan fingerprint density at radius 3 is 2.39 bits per heavy atom. The van der Waals surface area contributed by atoms with Crippen LogP contribution in [0.5, 0.6) is 11.5 Å². The maximum Gasteiger partial charge on any atom is 0.340 e. The van der Waals surface area contributed by atoms with Crippen LogP contribution in [0, 0.1) is 5.82 Å². The van der Waals surface area contributed by atoms with Crippen molar-refractivity contribution >= 4 is 40.8 Å². The van der Waals surface area contributed by atoms with Crippen LogP contribution in [0.4, 0.5) is 15.8 Å². The smallest absolute Gasteiger partial charge is 0.340 e. The van der Waals surface area contributed by atoms with E-state index in [0.717, 1.165) is 6.07 Å². The molecule has 0 saturated heterocycles. The quantitative estimate of drug-likeness (QED) is 0.469. The average Bonchev–Trinajstić information content (AvgIpc) is 3.34. The van der Waals surface area contributed by atoms with Crippen LogP contribution >= 0.6 is 11.6 Å². The van der Waals surface area contributed by atoms with Crippen LogP contribution < -0.4 is 20.1 Å². The van der Waals surface area contributed by atoms with Crippen LogP contribution in [0.15, 0.2) is 53.1 Å². The largest absolute Gasteiger partial charge is 0.493 e. The van der Waals surface area contributed by atoms with Crippen molar-refractivity contribution in [3.63, 3.8) is 0 Å². The van der Waals surface area contributed by atoms with Gasteiger partial charge in [0.05, 0.1) is 37.4 Å². The molecule has 0 saturated carbocycles. The van der Waals surface area contributed by atoms with Crippen molar-refractivity contribution in [1.29, 1.82) is 0 Å². The Labute approximate surface area is 192 Å². The fraction of sp³-hybridized carbons (Fsp3) is 0.136. The molecule has 2 N–H and O–H groups in total. The summed E-state index contributed by atoms with van der Waals surface area (Å²) in [6, 6.07) is 9.23. The first-order chi connectivity index (χ1) is 15.8. The standard InChI is InChI=1S/C22H18ClFN2O7/c1-30-18-9-13(15(10-19(18)31-2)26-21(28)17-4-3-7-32-17)22(29)33-11-20(27)25-16-8-12(23)5-6-14(16)24/h3-10H,11H2,1-2H3,(H,25,27)(H,26,28). The molecule has 0 unspecified atom stereocenters. The average molecular weight is 477 g/mol. The third-order valence-corrected chi connectivity index (χ3v) is 4.51. The van der Waals surface area contributed by atoms with Crippen molar-refractivity contribution in [2.75, 3.05) is 31.5 Å². The van der Waals surface area contributed by atoms with Crippen molar-refractivity contribution in [3.05, 3.63) is 70.9 Å². The SMILES string of the molecule is COc1cc(NC(=O)c2ccco2)c(C(=O)OCC(=O)Nc2cc(Cl)ccc2F)cc1OC. The highest BCUT2D eigenvalue weighted by atomic mass is 35.5. The molecule has 11 heteroatoms. The minimum absolute atomic E-state index is 0.00651. The predicted octanol–water partition coefficient (Wildman–Crippen LogP) is 4.14. The minimum atomic E-state index is -0.951. The summed E-state index contributed by atoms with van der Waals surface area (Å²) in [6.07, 6.45) is 1.32. The van der Waals surface area contributed by atoms with Crippen molar-refractivity contribution in [2.24, 2.45) is 0 Å². The molecule has 0 aliphatic rings. The van der Waals surface area contributed by atoms with Crippen LogP contribution in [0.1, 0.15) is 20.9 Å². The lowest BCUT2D eigenvalue weighted by molar-refractivity contribution is -0.119. The number of furan rings is 1. The third kappa shape index (κ3) is 5.80. The molecule has 0 aliphatic heterocycles. The highest BCUT2D eigenvalue weighted by Gasteiger charge is 2.22. The summed E-state index contributed by atoms with van der Waals surface area (Å²) >= 11 is 5.79. The van der Waals surface area contributed by atoms with Crippen molar-refractivity contribution in [1.82, 2.24) is 0 Å². The molecule has 0 spiro atoms. The van der Waals surface area contributed by atoms with E-state index in [4.69, 9.17) is 30.2 Å². The van der Waals surface area contributed by atoms with Gasteiger partial charge in [0.2, 0.25) is 0 Å². The zero-order chi connectivity index (χ0) is 24.0. The zero-order valence-electron chi connectivity index (χ0n) is 17.4. The molecule has 3 aromatic rings. The van der Waals surface area contributed by atoms with Crippen LogP contribution in [-0.4, -0.2) is 38.6 Å². The molecule has 2 amide bonds. The molecule has 172 valence electrons. The summed E-state index contributed by atoms with van der Waals surface area (Å²) in [5.41, 5.74) is -0.254. The third-order valence-electron chi connectivity index (χ3n) is 4.27. The molecule has 0 atom stereocenters. The van der Waals surface area contributed by atoms with Gasteiger partial charge in [-0.05, 0) is 30.3 Å². The highest BCUT2D eigenvalue weighted by molar-refractivity contribution is 6.30. The number of esters is 1. The van der Waals surface area contributed by atoms with Gasteiger partial charge in [-0.1, -0.05) is 11.6 Å². The number of carbonyl (C=O) groups is 3. The number of halogens is 2. The maximum atomic E-state index is 13.8. The Morgan fingerprint density at radius 1 is 1.00 bits per heavy atom. The predicted molar refractivity (Wildman–Crippen MR) is 117 cm³/mol. The molecule has 0 radical (unpaired) electrons. The van der Waals surface area contributed by atoms with E-state index >= 15 is 0 Å². The van der Waals surface area contributed by atoms with Crippen molar-refractivity contribution in [3.8, 4) is 11.5 Å². The number of nitrogens with one attached hydrogen (secondary N) is 2. The van der Waals surface area contributed by atoms with Crippen molar-refractivity contribution < 1.29 is 37.4 Å². The van der Waals surface area contributed by atoms with Crippen LogP contribution in [-0.2, 0) is 9.53 Å². The van der Waals surface area contributed by atoms with Gasteiger partial charge in [-0.2, -0.15) is 0 Å². The highest BCUT2D eigenvalue weighted by Crippen LogP contribution is 2.34. The van der Waals surface area contributed by atoms with Gasteiger partial charge in [-0.25, -0.2) is 9.18 Å². The topological polar surface area (TPSA) is 116 Å². The normalized spacial score (nSPS) is 10.3. The number of anilines is 2. The monoisotopic (exact) mass is 476 g/mol. The lowest BCUT2D eigenvalue weighted by Crippen LogP contribution is -2.22. The van der Waals surface area contributed by atoms with Crippen LogP contribution in [0.2, 0.25) is 5.02 Å². The van der Waals surface area contributed by atoms with Crippen molar-refractivity contribution in [2.45, 2.75) is 0 Å². The van der Waals surface area contributed by atoms with E-state index in [-0.39, 0.29) is 39.2 Å². The number of amides is 2. The molecular formula is C22H18ClFN2O7. The molecule has 2 aromatic carbocycles. The summed E-state index contributed by atoms with van der Waals surface area (Å²) in [5, 5.41) is 5.00. The number of benzene rings is 2. The molecule has 9 nitrogen and oxygen atoms in total. The lowest BCUT2D eigenvalue weighted by Gasteiger charge is -2.15. The number of ether oxygens (including phenoxy) is 3. The lowest BCUT2D eigenvalue weighted by atomic mass is 10.1. The van der Waals surface area contributed by atoms with Gasteiger partial charge in [-0.3, -0.25) is 9.59 Å². The fourth-order valence-electron chi connectivity index (χ4n) is 2.73. The first kappa shape index (κ1) is 23.6. The summed E-state index contributed by atoms with van der Waals surface area (Å²) in [5.74, 6) is -2.66. The Kier molecular flexibility index (Phi) is 7.52. The molecule has 33 heavy (non-hydrogen) atoms. The van der Waals surface area contributed by atoms with Gasteiger partial charge in [0.15, 0.2) is 23.9 Å². The maximum absolute atomic E-state index is 13.8. The number of hydrogen-bond donors (Lipinski definition) is 2. The molecule has 0 aliphatic carbocycles. The number of rotatable bonds is 8. The van der Waals surface area contributed by atoms with E-state index in [1.165, 1.54) is 56.9 Å². The Bertz CT molecular complexity index is 1180. The number of hydrogen-bond acceptors (Lipinski definition) is 7. The van der Waals surface area contributed by atoms with Gasteiger partial charge in [-0.15, -0.1) is 0 Å². The van der Waals surface area contributed by atoms with Gasteiger partial charge in [0.25, 0.3) is 11.8 Å². The fourth-order valence-corrected chi connectivity index (χ4v) is 2.90. The minimum Gasteiger partial charge on any atom is -0.493 e. The second-order valence-corrected chi connectivity index (χ2v) is 6.87. The molecule has 3 rings (SSSR count). The second kappa shape index (κ2) is 10.5. The summed E-state index contributed by atoms with van der Waals surface area (Å²) in [4.78, 5) is 37.2. The Hall–Kier alpha value is -4.05. The van der Waals surface area contributed by atoms with Gasteiger partial charge >= 0.3 is 5.97 Å². The van der Waals surface area contributed by atoms with Crippen LogP contribution in [0.3, 0.4) is 0 Å². The number of methoxy groups -OCH3 is 2. The molecular weight excluding hydrogens is 459 g/mol. The van der Waals surface area contributed by atoms with Gasteiger partial charge in [0, 0.05) is 17.2 Å². The molecule has 0 fully saturated rings. The molecule has 0 bridgehead atoms. The first-order valence-electron chi connectivity index (χ1n) is 9.35. The van der Waals surface area contributed by atoms with Crippen LogP contribution in [0.25, 0.3) is 0 Å². The summed E-state index contributed by atoms with van der Waals surface area (Å²) in [6.45, 7) is -0.731. The zero-order valence-corrected chi connectivity index (χ0v) is 18.2. The van der Waals surface area contributed by atoms with E-state index in [2.05, 4.69) is 10.6 Å². The van der Waals surface area contributed by atoms with E-state index in [0.29, 0.717) is 0 Å². The van der Waals surface area contributed by atoms with E-state index in [1.807, 2.05) is 0 Å². The Morgan fingerprint density at radius 2 is 1.73 bits per heavy atom. The summed E-state index contributed by atoms with van der Waals surface area (Å²) < 4.78 is 34.3. The van der Waals surface area contributed by atoms with E-state index in [9.17, 15) is 18.8 Å². The Balaban J connectivity index is 1.78. The van der Waals surface area contributed by atoms with Gasteiger partial charge in [0.1, 0.15) is 5.82 Å². The van der Waals surface area contributed by atoms with E-state index < -0.39 is 30.2 Å². The number of carbonyl (C=O) groups excluding carboxylic acids is 3. The van der Waals surface area contributed by atoms with E-state index in [1.54, 1.807) is 0 Å². The summed E-state index contributed by atoms with van der Waals surface area (Å²) in [7, 11) is 2.74.